The van der Waals surface area contributed by atoms with Crippen LogP contribution in [-0.2, 0) is 0 Å². The van der Waals surface area contributed by atoms with Crippen molar-refractivity contribution in [3.63, 3.8) is 0 Å². The van der Waals surface area contributed by atoms with Gasteiger partial charge in [0, 0.05) is 0 Å². The molecule has 0 amide bonds. The Morgan fingerprint density at radius 2 is 1.50 bits per heavy atom. The summed E-state index contributed by atoms with van der Waals surface area (Å²) in [6.07, 6.45) is 4.36. The fraction of sp³-hybridized carbons (Fsp3) is 0.667. The molecule has 0 aliphatic rings. The van der Waals surface area contributed by atoms with Gasteiger partial charge in [-0.15, -0.1) is 0 Å². The van der Waals surface area contributed by atoms with Gasteiger partial charge in [-0.25, -0.2) is 0 Å². The Balaban J connectivity index is 4.80. The highest BCUT2D eigenvalue weighted by molar-refractivity contribution is 5.27. The van der Waals surface area contributed by atoms with Gasteiger partial charge < -0.3 is 0 Å². The van der Waals surface area contributed by atoms with Gasteiger partial charge >= 0.3 is 0 Å². The van der Waals surface area contributed by atoms with Gasteiger partial charge in [0.25, 0.3) is 0 Å². The molecule has 0 heterocycles. The van der Waals surface area contributed by atoms with Crippen LogP contribution in [0, 0.1) is 11.8 Å². The van der Waals surface area contributed by atoms with Crippen LogP contribution < -0.4 is 0 Å². The van der Waals surface area contributed by atoms with Crippen molar-refractivity contribution in [3.8, 4) is 0 Å². The molecule has 0 spiro atoms. The highest BCUT2D eigenvalue weighted by Gasteiger charge is 2.06. The first-order chi connectivity index (χ1) is 5.50. The number of hydrogen-bond donors (Lipinski definition) is 0. The molecule has 0 atom stereocenters. The van der Waals surface area contributed by atoms with E-state index in [0.717, 1.165) is 0 Å². The van der Waals surface area contributed by atoms with Crippen LogP contribution in [0.1, 0.15) is 41.5 Å². The van der Waals surface area contributed by atoms with Crippen molar-refractivity contribution in [3.05, 3.63) is 23.3 Å². The molecule has 0 N–H and O–H groups in total. The molecule has 0 aromatic heterocycles. The lowest BCUT2D eigenvalue weighted by atomic mass is 9.91. The van der Waals surface area contributed by atoms with Gasteiger partial charge in [-0.2, -0.15) is 0 Å². The van der Waals surface area contributed by atoms with Crippen molar-refractivity contribution in [2.75, 3.05) is 0 Å². The van der Waals surface area contributed by atoms with E-state index < -0.39 is 0 Å². The lowest BCUT2D eigenvalue weighted by Gasteiger charge is -2.14. The Labute approximate surface area is 77.4 Å². The molecule has 0 aliphatic carbocycles. The molecule has 0 fully saturated rings. The minimum absolute atomic E-state index is 0.642. The summed E-state index contributed by atoms with van der Waals surface area (Å²) in [4.78, 5) is 0. The molecule has 70 valence electrons. The van der Waals surface area contributed by atoms with Gasteiger partial charge in [-0.3, -0.25) is 0 Å². The molecule has 0 heteroatoms. The van der Waals surface area contributed by atoms with E-state index in [1.807, 2.05) is 0 Å². The van der Waals surface area contributed by atoms with Crippen molar-refractivity contribution in [2.45, 2.75) is 41.5 Å². The average molecular weight is 166 g/mol. The Morgan fingerprint density at radius 1 is 1.00 bits per heavy atom. The van der Waals surface area contributed by atoms with Crippen LogP contribution in [0.2, 0.25) is 0 Å². The minimum Gasteiger partial charge on any atom is -0.0874 e. The van der Waals surface area contributed by atoms with E-state index in [1.165, 1.54) is 11.1 Å². The SMILES string of the molecule is C/C=C\C(=C(/C)C(C)C)C(C)C. The van der Waals surface area contributed by atoms with Crippen molar-refractivity contribution in [1.29, 1.82) is 0 Å². The van der Waals surface area contributed by atoms with Crippen LogP contribution in [0.25, 0.3) is 0 Å². The van der Waals surface area contributed by atoms with E-state index in [1.54, 1.807) is 0 Å². The first kappa shape index (κ1) is 11.5. The molecule has 0 aliphatic heterocycles. The van der Waals surface area contributed by atoms with E-state index in [2.05, 4.69) is 53.7 Å². The summed E-state index contributed by atoms with van der Waals surface area (Å²) in [5.41, 5.74) is 3.01. The Hall–Kier alpha value is -0.520. The molecule has 0 aromatic rings. The fourth-order valence-electron chi connectivity index (χ4n) is 1.29. The van der Waals surface area contributed by atoms with Gasteiger partial charge in [0.2, 0.25) is 0 Å². The maximum Gasteiger partial charge on any atom is -0.0219 e. The smallest absolute Gasteiger partial charge is 0.0219 e. The van der Waals surface area contributed by atoms with Crippen LogP contribution >= 0.6 is 0 Å². The number of hydrogen-bond acceptors (Lipinski definition) is 0. The standard InChI is InChI=1S/C12H22/c1-7-8-12(10(4)5)11(6)9(2)3/h7-10H,1-6H3/b8-7-,12-11-. The van der Waals surface area contributed by atoms with Crippen molar-refractivity contribution in [1.82, 2.24) is 0 Å². The second kappa shape index (κ2) is 5.18. The highest BCUT2D eigenvalue weighted by Crippen LogP contribution is 2.21. The zero-order valence-electron chi connectivity index (χ0n) is 9.31. The van der Waals surface area contributed by atoms with E-state index in [0.29, 0.717) is 11.8 Å². The normalized spacial score (nSPS) is 14.7. The largest absolute Gasteiger partial charge is 0.0874 e. The summed E-state index contributed by atoms with van der Waals surface area (Å²) >= 11 is 0. The van der Waals surface area contributed by atoms with Crippen LogP contribution in [0.5, 0.6) is 0 Å². The molecule has 0 saturated carbocycles. The summed E-state index contributed by atoms with van der Waals surface area (Å²) in [5, 5.41) is 0. The minimum atomic E-state index is 0.642. The maximum absolute atomic E-state index is 2.25. The average Bonchev–Trinajstić information content (AvgIpc) is 1.98. The van der Waals surface area contributed by atoms with Crippen LogP contribution in [0.3, 0.4) is 0 Å². The van der Waals surface area contributed by atoms with Gasteiger partial charge in [0.15, 0.2) is 0 Å². The van der Waals surface area contributed by atoms with E-state index in [-0.39, 0.29) is 0 Å². The third-order valence-corrected chi connectivity index (χ3v) is 2.29. The summed E-state index contributed by atoms with van der Waals surface area (Å²) < 4.78 is 0. The van der Waals surface area contributed by atoms with Crippen LogP contribution in [0.4, 0.5) is 0 Å². The lowest BCUT2D eigenvalue weighted by molar-refractivity contribution is 0.706. The van der Waals surface area contributed by atoms with Gasteiger partial charge in [-0.05, 0) is 31.3 Å². The zero-order valence-corrected chi connectivity index (χ0v) is 9.31. The van der Waals surface area contributed by atoms with Crippen molar-refractivity contribution < 1.29 is 0 Å². The highest BCUT2D eigenvalue weighted by atomic mass is 14.1. The molecule has 0 radical (unpaired) electrons. The van der Waals surface area contributed by atoms with Crippen LogP contribution in [-0.4, -0.2) is 0 Å². The quantitative estimate of drug-likeness (QED) is 0.551. The predicted molar refractivity (Wildman–Crippen MR) is 57.2 cm³/mol. The molecule has 0 saturated heterocycles. The van der Waals surface area contributed by atoms with E-state index >= 15 is 0 Å². The topological polar surface area (TPSA) is 0 Å². The third kappa shape index (κ3) is 3.25. The van der Waals surface area contributed by atoms with Gasteiger partial charge in [0.05, 0.1) is 0 Å². The molecular formula is C12H22. The van der Waals surface area contributed by atoms with Gasteiger partial charge in [-0.1, -0.05) is 45.4 Å². The summed E-state index contributed by atoms with van der Waals surface area (Å²) in [7, 11) is 0. The Bertz CT molecular complexity index is 180. The molecule has 0 nitrogen and oxygen atoms in total. The molecule has 0 bridgehead atoms. The first-order valence-corrected chi connectivity index (χ1v) is 4.84. The lowest BCUT2D eigenvalue weighted by Crippen LogP contribution is -2.00. The number of rotatable bonds is 3. The monoisotopic (exact) mass is 166 g/mol. The molecular weight excluding hydrogens is 144 g/mol. The molecule has 12 heavy (non-hydrogen) atoms. The predicted octanol–water partition coefficient (Wildman–Crippen LogP) is 4.19. The molecule has 0 aromatic carbocycles. The van der Waals surface area contributed by atoms with Crippen molar-refractivity contribution >= 4 is 0 Å². The Morgan fingerprint density at radius 3 is 1.75 bits per heavy atom. The zero-order chi connectivity index (χ0) is 9.72. The number of allylic oxidation sites excluding steroid dienone is 4. The summed E-state index contributed by atoms with van der Waals surface area (Å²) in [6, 6.07) is 0. The first-order valence-electron chi connectivity index (χ1n) is 4.84. The van der Waals surface area contributed by atoms with Crippen molar-refractivity contribution in [2.24, 2.45) is 11.8 Å². The second-order valence-corrected chi connectivity index (χ2v) is 3.95. The van der Waals surface area contributed by atoms with Gasteiger partial charge in [0.1, 0.15) is 0 Å². The molecule has 0 unspecified atom stereocenters. The Kier molecular flexibility index (Phi) is 4.96. The van der Waals surface area contributed by atoms with Crippen LogP contribution in [0.15, 0.2) is 23.3 Å². The third-order valence-electron chi connectivity index (χ3n) is 2.29. The summed E-state index contributed by atoms with van der Waals surface area (Å²) in [5.74, 6) is 1.31. The maximum atomic E-state index is 2.25. The second-order valence-electron chi connectivity index (χ2n) is 3.95. The summed E-state index contributed by atoms with van der Waals surface area (Å²) in [6.45, 7) is 13.3. The fourth-order valence-corrected chi connectivity index (χ4v) is 1.29. The molecule has 0 rings (SSSR count). The van der Waals surface area contributed by atoms with E-state index in [9.17, 15) is 0 Å². The van der Waals surface area contributed by atoms with E-state index in [4.69, 9.17) is 0 Å².